The number of halogens is 4. The van der Waals surface area contributed by atoms with Gasteiger partial charge in [0.1, 0.15) is 17.3 Å². The van der Waals surface area contributed by atoms with Crippen molar-refractivity contribution < 1.29 is 27.2 Å². The maximum absolute atomic E-state index is 13.8. The standard InChI is InChI=1S/C17H12F4N2O2/c18-11-5-4-10(7-14(11)21)22-17(25)9-6-15(24)23(8-9)16-12(19)2-1-3-13(16)20/h1-5,7,9H,6,8H2,(H,22,25). The smallest absolute Gasteiger partial charge is 0.229 e. The van der Waals surface area contributed by atoms with E-state index < -0.39 is 46.7 Å². The van der Waals surface area contributed by atoms with Crippen molar-refractivity contribution in [3.05, 3.63) is 59.7 Å². The van der Waals surface area contributed by atoms with Gasteiger partial charge in [-0.3, -0.25) is 9.59 Å². The van der Waals surface area contributed by atoms with Crippen LogP contribution in [0.3, 0.4) is 0 Å². The van der Waals surface area contributed by atoms with E-state index in [1.54, 1.807) is 0 Å². The van der Waals surface area contributed by atoms with Crippen molar-refractivity contribution >= 4 is 23.2 Å². The number of carbonyl (C=O) groups is 2. The predicted octanol–water partition coefficient (Wildman–Crippen LogP) is 3.23. The lowest BCUT2D eigenvalue weighted by molar-refractivity contribution is -0.122. The first-order valence-electron chi connectivity index (χ1n) is 7.37. The van der Waals surface area contributed by atoms with Gasteiger partial charge in [-0.25, -0.2) is 17.6 Å². The summed E-state index contributed by atoms with van der Waals surface area (Å²) in [5.41, 5.74) is -0.484. The highest BCUT2D eigenvalue weighted by Gasteiger charge is 2.37. The summed E-state index contributed by atoms with van der Waals surface area (Å²) in [4.78, 5) is 25.1. The van der Waals surface area contributed by atoms with E-state index in [0.717, 1.165) is 29.2 Å². The molecule has 3 rings (SSSR count). The van der Waals surface area contributed by atoms with E-state index >= 15 is 0 Å². The molecule has 0 aromatic heterocycles. The number of carbonyl (C=O) groups excluding carboxylic acids is 2. The minimum Gasteiger partial charge on any atom is -0.326 e. The van der Waals surface area contributed by atoms with Gasteiger partial charge in [0, 0.05) is 24.7 Å². The summed E-state index contributed by atoms with van der Waals surface area (Å²) in [6.07, 6.45) is -0.247. The molecule has 8 heteroatoms. The third kappa shape index (κ3) is 3.33. The summed E-state index contributed by atoms with van der Waals surface area (Å²) in [6, 6.07) is 6.02. The zero-order valence-electron chi connectivity index (χ0n) is 12.7. The Morgan fingerprint density at radius 3 is 2.32 bits per heavy atom. The number of hydrogen-bond donors (Lipinski definition) is 1. The number of para-hydroxylation sites is 1. The fourth-order valence-corrected chi connectivity index (χ4v) is 2.66. The molecule has 0 spiro atoms. The van der Waals surface area contributed by atoms with Crippen molar-refractivity contribution in [3.8, 4) is 0 Å². The van der Waals surface area contributed by atoms with Crippen LogP contribution in [0.4, 0.5) is 28.9 Å². The number of anilines is 2. The molecule has 0 saturated carbocycles. The molecule has 0 aliphatic carbocycles. The van der Waals surface area contributed by atoms with Crippen molar-refractivity contribution in [2.45, 2.75) is 6.42 Å². The van der Waals surface area contributed by atoms with E-state index in [1.165, 1.54) is 12.1 Å². The largest absolute Gasteiger partial charge is 0.326 e. The van der Waals surface area contributed by atoms with Gasteiger partial charge in [0.2, 0.25) is 11.8 Å². The number of nitrogens with zero attached hydrogens (tertiary/aromatic N) is 1. The highest BCUT2D eigenvalue weighted by Crippen LogP contribution is 2.30. The number of rotatable bonds is 3. The van der Waals surface area contributed by atoms with Gasteiger partial charge in [0.25, 0.3) is 0 Å². The van der Waals surface area contributed by atoms with Crippen LogP contribution in [0.2, 0.25) is 0 Å². The lowest BCUT2D eigenvalue weighted by Gasteiger charge is -2.18. The van der Waals surface area contributed by atoms with Crippen LogP contribution in [0.5, 0.6) is 0 Å². The first-order valence-corrected chi connectivity index (χ1v) is 7.37. The first kappa shape index (κ1) is 16.9. The van der Waals surface area contributed by atoms with E-state index in [-0.39, 0.29) is 18.7 Å². The molecule has 0 bridgehead atoms. The molecule has 4 nitrogen and oxygen atoms in total. The minimum absolute atomic E-state index is 0.0203. The molecule has 1 aliphatic rings. The average Bonchev–Trinajstić information content (AvgIpc) is 2.93. The Balaban J connectivity index is 1.75. The molecule has 0 radical (unpaired) electrons. The first-order chi connectivity index (χ1) is 11.9. The van der Waals surface area contributed by atoms with Crippen LogP contribution < -0.4 is 10.2 Å². The van der Waals surface area contributed by atoms with Crippen molar-refractivity contribution in [3.63, 3.8) is 0 Å². The lowest BCUT2D eigenvalue weighted by atomic mass is 10.1. The van der Waals surface area contributed by atoms with Crippen LogP contribution in [-0.2, 0) is 9.59 Å². The number of benzene rings is 2. The number of nitrogens with one attached hydrogen (secondary N) is 1. The van der Waals surface area contributed by atoms with Crippen LogP contribution in [0.25, 0.3) is 0 Å². The van der Waals surface area contributed by atoms with Crippen molar-refractivity contribution in [2.75, 3.05) is 16.8 Å². The summed E-state index contributed by atoms with van der Waals surface area (Å²) in [7, 11) is 0. The second-order valence-electron chi connectivity index (χ2n) is 5.59. The Hall–Kier alpha value is -2.90. The van der Waals surface area contributed by atoms with Crippen molar-refractivity contribution in [1.82, 2.24) is 0 Å². The average molecular weight is 352 g/mol. The maximum atomic E-state index is 13.8. The fourth-order valence-electron chi connectivity index (χ4n) is 2.66. The molecular formula is C17H12F4N2O2. The molecule has 1 saturated heterocycles. The molecule has 25 heavy (non-hydrogen) atoms. The van der Waals surface area contributed by atoms with Gasteiger partial charge in [-0.05, 0) is 24.3 Å². The van der Waals surface area contributed by atoms with Crippen LogP contribution >= 0.6 is 0 Å². The minimum atomic E-state index is -1.13. The Morgan fingerprint density at radius 1 is 1.00 bits per heavy atom. The van der Waals surface area contributed by atoms with Crippen LogP contribution in [0.15, 0.2) is 36.4 Å². The van der Waals surface area contributed by atoms with Gasteiger partial charge in [0.15, 0.2) is 11.6 Å². The van der Waals surface area contributed by atoms with Crippen molar-refractivity contribution in [2.24, 2.45) is 5.92 Å². The molecule has 1 unspecified atom stereocenters. The lowest BCUT2D eigenvalue weighted by Crippen LogP contribution is -2.29. The van der Waals surface area contributed by atoms with E-state index in [4.69, 9.17) is 0 Å². The van der Waals surface area contributed by atoms with Gasteiger partial charge in [-0.2, -0.15) is 0 Å². The normalized spacial score (nSPS) is 17.0. The zero-order valence-corrected chi connectivity index (χ0v) is 12.7. The Morgan fingerprint density at radius 2 is 1.68 bits per heavy atom. The highest BCUT2D eigenvalue weighted by atomic mass is 19.2. The Labute approximate surface area is 140 Å². The van der Waals surface area contributed by atoms with Gasteiger partial charge >= 0.3 is 0 Å². The molecule has 2 aromatic carbocycles. The van der Waals surface area contributed by atoms with E-state index in [2.05, 4.69) is 5.32 Å². The van der Waals surface area contributed by atoms with E-state index in [1.807, 2.05) is 0 Å². The van der Waals surface area contributed by atoms with Gasteiger partial charge in [-0.15, -0.1) is 0 Å². The van der Waals surface area contributed by atoms with Gasteiger partial charge < -0.3 is 10.2 Å². The quantitative estimate of drug-likeness (QED) is 0.863. The molecule has 2 amide bonds. The monoisotopic (exact) mass is 352 g/mol. The molecule has 1 atom stereocenters. The van der Waals surface area contributed by atoms with Gasteiger partial charge in [0.05, 0.1) is 5.92 Å². The molecule has 1 heterocycles. The zero-order chi connectivity index (χ0) is 18.1. The Kier molecular flexibility index (Phi) is 4.43. The molecule has 1 N–H and O–H groups in total. The molecule has 1 aliphatic heterocycles. The van der Waals surface area contributed by atoms with E-state index in [9.17, 15) is 27.2 Å². The highest BCUT2D eigenvalue weighted by molar-refractivity contribution is 6.03. The Bertz CT molecular complexity index is 836. The summed E-state index contributed by atoms with van der Waals surface area (Å²) >= 11 is 0. The third-order valence-corrected chi connectivity index (χ3v) is 3.89. The van der Waals surface area contributed by atoms with Crippen molar-refractivity contribution in [1.29, 1.82) is 0 Å². The third-order valence-electron chi connectivity index (χ3n) is 3.89. The molecule has 130 valence electrons. The number of hydrogen-bond acceptors (Lipinski definition) is 2. The molecule has 1 fully saturated rings. The SMILES string of the molecule is O=C(Nc1ccc(F)c(F)c1)C1CC(=O)N(c2c(F)cccc2F)C1. The summed E-state index contributed by atoms with van der Waals surface area (Å²) < 4.78 is 53.7. The predicted molar refractivity (Wildman–Crippen MR) is 81.8 cm³/mol. The van der Waals surface area contributed by atoms with Gasteiger partial charge in [-0.1, -0.05) is 6.07 Å². The number of amides is 2. The topological polar surface area (TPSA) is 49.4 Å². The fraction of sp³-hybridized carbons (Fsp3) is 0.176. The molecule has 2 aromatic rings. The summed E-state index contributed by atoms with van der Waals surface area (Å²) in [6.45, 7) is -0.216. The van der Waals surface area contributed by atoms with Crippen LogP contribution in [-0.4, -0.2) is 18.4 Å². The van der Waals surface area contributed by atoms with Crippen LogP contribution in [0, 0.1) is 29.2 Å². The summed E-state index contributed by atoms with van der Waals surface area (Å²) in [5, 5.41) is 2.36. The van der Waals surface area contributed by atoms with Crippen LogP contribution in [0.1, 0.15) is 6.42 Å². The second kappa shape index (κ2) is 6.54. The molecular weight excluding hydrogens is 340 g/mol. The second-order valence-corrected chi connectivity index (χ2v) is 5.59. The maximum Gasteiger partial charge on any atom is 0.229 e. The van der Waals surface area contributed by atoms with E-state index in [0.29, 0.717) is 0 Å². The summed E-state index contributed by atoms with van der Waals surface area (Å²) in [5.74, 6) is -6.11.